The minimum Gasteiger partial charge on any atom is -0.493 e. The van der Waals surface area contributed by atoms with Gasteiger partial charge in [0.2, 0.25) is 12.1 Å². The van der Waals surface area contributed by atoms with E-state index in [2.05, 4.69) is 0 Å². The van der Waals surface area contributed by atoms with Crippen LogP contribution in [0.3, 0.4) is 0 Å². The third-order valence-corrected chi connectivity index (χ3v) is 4.36. The van der Waals surface area contributed by atoms with Crippen molar-refractivity contribution >= 4 is 5.97 Å². The zero-order chi connectivity index (χ0) is 20.6. The summed E-state index contributed by atoms with van der Waals surface area (Å²) in [4.78, 5) is 11.4. The Morgan fingerprint density at radius 2 is 1.93 bits per heavy atom. The normalized spacial score (nSPS) is 28.3. The van der Waals surface area contributed by atoms with Gasteiger partial charge in [-0.25, -0.2) is 4.39 Å². The molecule has 5 nitrogen and oxygen atoms in total. The molecule has 1 heterocycles. The Morgan fingerprint density at radius 1 is 1.30 bits per heavy atom. The molecule has 0 N–H and O–H groups in total. The van der Waals surface area contributed by atoms with Crippen molar-refractivity contribution in [1.82, 2.24) is 0 Å². The summed E-state index contributed by atoms with van der Waals surface area (Å²) in [5, 5.41) is 0. The molecule has 0 radical (unpaired) electrons. The monoisotopic (exact) mass is 398 g/mol. The second kappa shape index (κ2) is 7.59. The van der Waals surface area contributed by atoms with E-state index >= 15 is 0 Å². The molecule has 1 aromatic rings. The Balaban J connectivity index is 2.67. The number of rotatable bonds is 5. The summed E-state index contributed by atoms with van der Waals surface area (Å²) >= 11 is 0. The average molecular weight is 398 g/mol. The fourth-order valence-corrected chi connectivity index (χ4v) is 3.12. The van der Waals surface area contributed by atoms with Gasteiger partial charge in [-0.3, -0.25) is 4.79 Å². The molecule has 2 rings (SSSR count). The number of carbonyl (C=O) groups excluding carboxylic acids is 1. The summed E-state index contributed by atoms with van der Waals surface area (Å²) in [6, 6.07) is 1.79. The lowest BCUT2D eigenvalue weighted by Crippen LogP contribution is -2.52. The molecule has 0 aliphatic carbocycles. The van der Waals surface area contributed by atoms with Crippen molar-refractivity contribution in [3.8, 4) is 5.75 Å². The highest BCUT2D eigenvalue weighted by Crippen LogP contribution is 2.52. The van der Waals surface area contributed by atoms with E-state index in [0.29, 0.717) is 0 Å². The molecule has 1 unspecified atom stereocenters. The smallest absolute Gasteiger partial charge is 0.419 e. The SMILES string of the molecule is CCO[C@H]1[C@@H](c2ccc(F)c(F)c2OC)C(OC(C)=O)O[C@@]1(C)C(F)(F)F. The van der Waals surface area contributed by atoms with Crippen LogP contribution in [0.25, 0.3) is 0 Å². The van der Waals surface area contributed by atoms with Crippen LogP contribution in [0.5, 0.6) is 5.75 Å². The van der Waals surface area contributed by atoms with Gasteiger partial charge in [0.1, 0.15) is 6.10 Å². The summed E-state index contributed by atoms with van der Waals surface area (Å²) in [6.07, 6.45) is -8.35. The van der Waals surface area contributed by atoms with E-state index in [1.165, 1.54) is 6.92 Å². The van der Waals surface area contributed by atoms with Gasteiger partial charge in [-0.2, -0.15) is 17.6 Å². The molecule has 1 aliphatic heterocycles. The van der Waals surface area contributed by atoms with Gasteiger partial charge in [-0.05, 0) is 19.9 Å². The van der Waals surface area contributed by atoms with Crippen LogP contribution in [0, 0.1) is 11.6 Å². The van der Waals surface area contributed by atoms with Gasteiger partial charge in [-0.1, -0.05) is 6.07 Å². The Bertz CT molecular complexity index is 708. The molecule has 0 bridgehead atoms. The Kier molecular flexibility index (Phi) is 6.00. The first-order valence-electron chi connectivity index (χ1n) is 8.03. The summed E-state index contributed by atoms with van der Waals surface area (Å²) in [5.74, 6) is -5.56. The molecule has 0 spiro atoms. The maximum Gasteiger partial charge on any atom is 0.419 e. The number of methoxy groups -OCH3 is 1. The standard InChI is InChI=1S/C17H19F5O5/c1-5-25-14-11(9-6-7-10(18)12(19)13(9)24-4)15(26-8(2)23)27-16(14,3)17(20,21)22/h6-7,11,14-15H,5H2,1-4H3/t11-,14+,15?,16-/m1/s1. The van der Waals surface area contributed by atoms with Crippen LogP contribution >= 0.6 is 0 Å². The van der Waals surface area contributed by atoms with Crippen LogP contribution in [0.15, 0.2) is 12.1 Å². The zero-order valence-corrected chi connectivity index (χ0v) is 15.0. The highest BCUT2D eigenvalue weighted by Gasteiger charge is 2.68. The van der Waals surface area contributed by atoms with Gasteiger partial charge < -0.3 is 18.9 Å². The lowest BCUT2D eigenvalue weighted by atomic mass is 9.85. The van der Waals surface area contributed by atoms with E-state index in [-0.39, 0.29) is 12.2 Å². The maximum atomic E-state index is 14.1. The second-order valence-electron chi connectivity index (χ2n) is 6.09. The van der Waals surface area contributed by atoms with Crippen molar-refractivity contribution in [2.75, 3.05) is 13.7 Å². The van der Waals surface area contributed by atoms with Gasteiger partial charge in [-0.15, -0.1) is 0 Å². The van der Waals surface area contributed by atoms with Crippen molar-refractivity contribution in [1.29, 1.82) is 0 Å². The molecular formula is C17H19F5O5. The highest BCUT2D eigenvalue weighted by molar-refractivity contribution is 5.66. The summed E-state index contributed by atoms with van der Waals surface area (Å²) < 4.78 is 89.0. The largest absolute Gasteiger partial charge is 0.493 e. The molecule has 27 heavy (non-hydrogen) atoms. The lowest BCUT2D eigenvalue weighted by molar-refractivity contribution is -0.303. The first-order valence-corrected chi connectivity index (χ1v) is 8.03. The second-order valence-corrected chi connectivity index (χ2v) is 6.09. The minimum atomic E-state index is -4.90. The van der Waals surface area contributed by atoms with Crippen LogP contribution in [0.4, 0.5) is 22.0 Å². The van der Waals surface area contributed by atoms with Crippen LogP contribution in [0.2, 0.25) is 0 Å². The van der Waals surface area contributed by atoms with Crippen molar-refractivity contribution in [3.63, 3.8) is 0 Å². The summed E-state index contributed by atoms with van der Waals surface area (Å²) in [5.41, 5.74) is -3.03. The van der Waals surface area contributed by atoms with E-state index in [4.69, 9.17) is 18.9 Å². The minimum absolute atomic E-state index is 0.130. The van der Waals surface area contributed by atoms with E-state index in [1.54, 1.807) is 0 Å². The quantitative estimate of drug-likeness (QED) is 0.559. The molecule has 0 amide bonds. The van der Waals surface area contributed by atoms with Crippen LogP contribution in [-0.2, 0) is 19.0 Å². The van der Waals surface area contributed by atoms with Crippen molar-refractivity contribution in [2.45, 2.75) is 50.9 Å². The lowest BCUT2D eigenvalue weighted by Gasteiger charge is -2.33. The molecule has 0 saturated carbocycles. The topological polar surface area (TPSA) is 54.0 Å². The number of hydrogen-bond donors (Lipinski definition) is 0. The number of carbonyl (C=O) groups is 1. The van der Waals surface area contributed by atoms with Gasteiger partial charge in [0.15, 0.2) is 17.2 Å². The Hall–Kier alpha value is -1.94. The van der Waals surface area contributed by atoms with Crippen molar-refractivity contribution in [2.24, 2.45) is 0 Å². The van der Waals surface area contributed by atoms with Gasteiger partial charge in [0.05, 0.1) is 13.0 Å². The number of halogens is 5. The Morgan fingerprint density at radius 3 is 2.41 bits per heavy atom. The summed E-state index contributed by atoms with van der Waals surface area (Å²) in [6.45, 7) is 3.07. The number of esters is 1. The van der Waals surface area contributed by atoms with Gasteiger partial charge in [0, 0.05) is 19.1 Å². The van der Waals surface area contributed by atoms with Gasteiger partial charge in [0.25, 0.3) is 0 Å². The van der Waals surface area contributed by atoms with Crippen molar-refractivity contribution < 1.29 is 45.7 Å². The highest BCUT2D eigenvalue weighted by atomic mass is 19.4. The third kappa shape index (κ3) is 3.73. The Labute approximate surface area is 152 Å². The maximum absolute atomic E-state index is 14.1. The number of benzene rings is 1. The third-order valence-electron chi connectivity index (χ3n) is 4.36. The molecule has 4 atom stereocenters. The summed E-state index contributed by atoms with van der Waals surface area (Å²) in [7, 11) is 1.04. The number of ether oxygens (including phenoxy) is 4. The van der Waals surface area contributed by atoms with E-state index in [1.807, 2.05) is 0 Å². The number of hydrogen-bond acceptors (Lipinski definition) is 5. The molecular weight excluding hydrogens is 379 g/mol. The molecule has 152 valence electrons. The predicted octanol–water partition coefficient (Wildman–Crippen LogP) is 3.70. The molecule has 10 heteroatoms. The van der Waals surface area contributed by atoms with Crippen LogP contribution in [-0.4, -0.2) is 43.9 Å². The van der Waals surface area contributed by atoms with Crippen LogP contribution in [0.1, 0.15) is 32.3 Å². The van der Waals surface area contributed by atoms with E-state index in [9.17, 15) is 26.7 Å². The predicted molar refractivity (Wildman–Crippen MR) is 82.2 cm³/mol. The number of alkyl halides is 3. The fraction of sp³-hybridized carbons (Fsp3) is 0.588. The molecule has 1 saturated heterocycles. The molecule has 1 aromatic carbocycles. The first-order chi connectivity index (χ1) is 12.5. The van der Waals surface area contributed by atoms with Gasteiger partial charge >= 0.3 is 12.1 Å². The van der Waals surface area contributed by atoms with E-state index < -0.39 is 53.4 Å². The zero-order valence-electron chi connectivity index (χ0n) is 15.0. The van der Waals surface area contributed by atoms with Crippen LogP contribution < -0.4 is 4.74 Å². The molecule has 1 aliphatic rings. The first kappa shape index (κ1) is 21.4. The molecule has 0 aromatic heterocycles. The van der Waals surface area contributed by atoms with E-state index in [0.717, 1.165) is 33.1 Å². The average Bonchev–Trinajstić information content (AvgIpc) is 2.82. The molecule has 1 fully saturated rings. The fourth-order valence-electron chi connectivity index (χ4n) is 3.12. The van der Waals surface area contributed by atoms with Crippen molar-refractivity contribution in [3.05, 3.63) is 29.3 Å².